The number of aliphatic imine (C=N–C) groups is 1. The predicted molar refractivity (Wildman–Crippen MR) is 120 cm³/mol. The molecule has 1 saturated heterocycles. The van der Waals surface area contributed by atoms with Gasteiger partial charge in [0, 0.05) is 26.2 Å². The van der Waals surface area contributed by atoms with Crippen molar-refractivity contribution in [3.05, 3.63) is 35.6 Å². The molecule has 0 radical (unpaired) electrons. The highest BCUT2D eigenvalue weighted by atomic mass is 127. The average Bonchev–Trinajstić information content (AvgIpc) is 2.64. The van der Waals surface area contributed by atoms with Crippen LogP contribution in [0.15, 0.2) is 29.3 Å². The van der Waals surface area contributed by atoms with Gasteiger partial charge in [-0.05, 0) is 37.0 Å². The van der Waals surface area contributed by atoms with Crippen LogP contribution in [0.25, 0.3) is 0 Å². The van der Waals surface area contributed by atoms with Gasteiger partial charge in [0.1, 0.15) is 5.82 Å². The minimum atomic E-state index is -0.207. The first kappa shape index (κ1) is 24.1. The maximum absolute atomic E-state index is 13.3. The van der Waals surface area contributed by atoms with Crippen LogP contribution in [0, 0.1) is 11.7 Å². The van der Waals surface area contributed by atoms with E-state index in [-0.39, 0.29) is 35.8 Å². The fraction of sp³-hybridized carbons (Fsp3) is 0.650. The summed E-state index contributed by atoms with van der Waals surface area (Å²) in [5, 5.41) is 6.72. The third kappa shape index (κ3) is 8.74. The van der Waals surface area contributed by atoms with E-state index in [1.54, 1.807) is 0 Å². The van der Waals surface area contributed by atoms with E-state index in [1.807, 2.05) is 12.1 Å². The van der Waals surface area contributed by atoms with Gasteiger partial charge in [-0.15, -0.1) is 24.0 Å². The zero-order valence-electron chi connectivity index (χ0n) is 16.7. The molecule has 0 saturated carbocycles. The molecule has 1 unspecified atom stereocenters. The van der Waals surface area contributed by atoms with Gasteiger partial charge in [-0.3, -0.25) is 9.89 Å². The first-order valence-electron chi connectivity index (χ1n) is 9.69. The number of hydrogen-bond acceptors (Lipinski definition) is 3. The van der Waals surface area contributed by atoms with Gasteiger partial charge in [-0.25, -0.2) is 4.39 Å². The number of guanidine groups is 1. The normalized spacial score (nSPS) is 16.7. The Bertz CT molecular complexity index is 547. The lowest BCUT2D eigenvalue weighted by molar-refractivity contribution is 0.0179. The fourth-order valence-electron chi connectivity index (χ4n) is 3.00. The number of benzene rings is 1. The number of halogens is 2. The topological polar surface area (TPSA) is 48.9 Å². The van der Waals surface area contributed by atoms with Gasteiger partial charge in [0.05, 0.1) is 25.8 Å². The van der Waals surface area contributed by atoms with Crippen LogP contribution in [0.3, 0.4) is 0 Å². The van der Waals surface area contributed by atoms with Gasteiger partial charge in [-0.2, -0.15) is 0 Å². The molecular weight excluding hydrogens is 458 g/mol. The Kier molecular flexibility index (Phi) is 11.9. The summed E-state index contributed by atoms with van der Waals surface area (Å²) in [5.41, 5.74) is 1.09. The molecule has 1 aromatic rings. The fourth-order valence-corrected chi connectivity index (χ4v) is 3.00. The Labute approximate surface area is 180 Å². The number of morpholine rings is 1. The van der Waals surface area contributed by atoms with Crippen molar-refractivity contribution in [2.45, 2.75) is 33.2 Å². The van der Waals surface area contributed by atoms with E-state index in [0.29, 0.717) is 12.5 Å². The van der Waals surface area contributed by atoms with Gasteiger partial charge in [0.2, 0.25) is 0 Å². The van der Waals surface area contributed by atoms with Crippen LogP contribution in [0.2, 0.25) is 0 Å². The summed E-state index contributed by atoms with van der Waals surface area (Å²) in [6.07, 6.45) is 1.11. The highest BCUT2D eigenvalue weighted by Gasteiger charge is 2.22. The number of nitrogens with zero attached hydrogens (tertiary/aromatic N) is 2. The second-order valence-corrected chi connectivity index (χ2v) is 7.04. The molecule has 154 valence electrons. The molecule has 5 nitrogen and oxygen atoms in total. The number of rotatable bonds is 8. The maximum Gasteiger partial charge on any atom is 0.191 e. The lowest BCUT2D eigenvalue weighted by Crippen LogP contribution is -2.42. The molecule has 1 aromatic carbocycles. The molecule has 0 bridgehead atoms. The minimum Gasteiger partial charge on any atom is -0.379 e. The molecular formula is C20H34FIN4O. The van der Waals surface area contributed by atoms with Crippen molar-refractivity contribution in [2.24, 2.45) is 10.9 Å². The molecule has 2 rings (SSSR count). The number of hydrogen-bond donors (Lipinski definition) is 2. The summed E-state index contributed by atoms with van der Waals surface area (Å²) in [6, 6.07) is 6.91. The summed E-state index contributed by atoms with van der Waals surface area (Å²) in [5.74, 6) is 1.29. The first-order chi connectivity index (χ1) is 12.6. The maximum atomic E-state index is 13.3. The van der Waals surface area contributed by atoms with Gasteiger partial charge < -0.3 is 15.4 Å². The summed E-state index contributed by atoms with van der Waals surface area (Å²) in [4.78, 5) is 7.18. The Morgan fingerprint density at radius 1 is 1.19 bits per heavy atom. The molecule has 0 spiro atoms. The zero-order chi connectivity index (χ0) is 18.8. The van der Waals surface area contributed by atoms with E-state index in [0.717, 1.165) is 57.3 Å². The van der Waals surface area contributed by atoms with E-state index in [4.69, 9.17) is 9.73 Å². The van der Waals surface area contributed by atoms with Crippen LogP contribution in [0.5, 0.6) is 0 Å². The van der Waals surface area contributed by atoms with Crippen LogP contribution in [0.4, 0.5) is 4.39 Å². The average molecular weight is 492 g/mol. The van der Waals surface area contributed by atoms with Crippen molar-refractivity contribution < 1.29 is 9.13 Å². The molecule has 1 aliphatic heterocycles. The number of nitrogens with one attached hydrogen (secondary N) is 2. The van der Waals surface area contributed by atoms with Crippen molar-refractivity contribution in [2.75, 3.05) is 45.9 Å². The molecule has 1 fully saturated rings. The minimum absolute atomic E-state index is 0. The Hall–Kier alpha value is -0.930. The standard InChI is InChI=1S/C20H33FN4O.HI/c1-4-22-20(23-10-9-16(2)3)24-15-19(25-11-13-26-14-12-25)17-5-7-18(21)8-6-17;/h5-8,16,19H,4,9-15H2,1-3H3,(H2,22,23,24);1H. The molecule has 1 heterocycles. The monoisotopic (exact) mass is 492 g/mol. The molecule has 0 aliphatic carbocycles. The molecule has 7 heteroatoms. The Balaban J connectivity index is 0.00000364. The molecule has 0 aromatic heterocycles. The quantitative estimate of drug-likeness (QED) is 0.332. The Morgan fingerprint density at radius 3 is 2.44 bits per heavy atom. The van der Waals surface area contributed by atoms with Crippen molar-refractivity contribution in [3.8, 4) is 0 Å². The van der Waals surface area contributed by atoms with Crippen molar-refractivity contribution in [3.63, 3.8) is 0 Å². The van der Waals surface area contributed by atoms with E-state index in [1.165, 1.54) is 12.1 Å². The third-order valence-corrected chi connectivity index (χ3v) is 4.52. The largest absolute Gasteiger partial charge is 0.379 e. The first-order valence-corrected chi connectivity index (χ1v) is 9.69. The van der Waals surface area contributed by atoms with Crippen LogP contribution >= 0.6 is 24.0 Å². The van der Waals surface area contributed by atoms with E-state index < -0.39 is 0 Å². The van der Waals surface area contributed by atoms with Gasteiger partial charge >= 0.3 is 0 Å². The summed E-state index contributed by atoms with van der Waals surface area (Å²) in [7, 11) is 0. The van der Waals surface area contributed by atoms with Crippen LogP contribution in [-0.4, -0.2) is 56.8 Å². The van der Waals surface area contributed by atoms with Gasteiger partial charge in [-0.1, -0.05) is 26.0 Å². The van der Waals surface area contributed by atoms with Crippen LogP contribution in [-0.2, 0) is 4.74 Å². The number of ether oxygens (including phenoxy) is 1. The van der Waals surface area contributed by atoms with Crippen molar-refractivity contribution >= 4 is 29.9 Å². The smallest absolute Gasteiger partial charge is 0.191 e. The van der Waals surface area contributed by atoms with Crippen molar-refractivity contribution in [1.82, 2.24) is 15.5 Å². The molecule has 1 aliphatic rings. The molecule has 1 atom stereocenters. The van der Waals surface area contributed by atoms with E-state index in [9.17, 15) is 4.39 Å². The predicted octanol–water partition coefficient (Wildman–Crippen LogP) is 3.42. The highest BCUT2D eigenvalue weighted by Crippen LogP contribution is 2.22. The van der Waals surface area contributed by atoms with Crippen LogP contribution < -0.4 is 10.6 Å². The molecule has 2 N–H and O–H groups in total. The van der Waals surface area contributed by atoms with Crippen molar-refractivity contribution in [1.29, 1.82) is 0 Å². The second-order valence-electron chi connectivity index (χ2n) is 7.04. The zero-order valence-corrected chi connectivity index (χ0v) is 19.0. The van der Waals surface area contributed by atoms with E-state index >= 15 is 0 Å². The summed E-state index contributed by atoms with van der Waals surface area (Å²) in [6.45, 7) is 12.1. The lowest BCUT2D eigenvalue weighted by Gasteiger charge is -2.34. The van der Waals surface area contributed by atoms with E-state index in [2.05, 4.69) is 36.3 Å². The SMILES string of the molecule is CCNC(=NCC(c1ccc(F)cc1)N1CCOCC1)NCCC(C)C.I. The molecule has 27 heavy (non-hydrogen) atoms. The Morgan fingerprint density at radius 2 is 1.85 bits per heavy atom. The summed E-state index contributed by atoms with van der Waals surface area (Å²) >= 11 is 0. The highest BCUT2D eigenvalue weighted by molar-refractivity contribution is 14.0. The second kappa shape index (κ2) is 13.3. The van der Waals surface area contributed by atoms with Crippen LogP contribution in [0.1, 0.15) is 38.8 Å². The molecule has 0 amide bonds. The van der Waals surface area contributed by atoms with Gasteiger partial charge in [0.15, 0.2) is 5.96 Å². The lowest BCUT2D eigenvalue weighted by atomic mass is 10.0. The van der Waals surface area contributed by atoms with Gasteiger partial charge in [0.25, 0.3) is 0 Å². The third-order valence-electron chi connectivity index (χ3n) is 4.52. The summed E-state index contributed by atoms with van der Waals surface area (Å²) < 4.78 is 18.8.